The van der Waals surface area contributed by atoms with Crippen LogP contribution in [0.25, 0.3) is 0 Å². The fourth-order valence-electron chi connectivity index (χ4n) is 3.37. The van der Waals surface area contributed by atoms with E-state index in [9.17, 15) is 23.3 Å². The lowest BCUT2D eigenvalue weighted by atomic mass is 10.1. The van der Waals surface area contributed by atoms with Gasteiger partial charge in [0, 0.05) is 36.7 Å². The highest BCUT2D eigenvalue weighted by atomic mass is 32.2. The molecule has 1 aliphatic rings. The zero-order valence-corrected chi connectivity index (χ0v) is 17.2. The number of carbonyl (C=O) groups is 1. The number of carbonyl (C=O) groups excluding carboxylic acids is 1. The number of hydrogen-bond acceptors (Lipinski definition) is 6. The first-order chi connectivity index (χ1) is 13.7. The van der Waals surface area contributed by atoms with Crippen LogP contribution in [0.1, 0.15) is 35.2 Å². The van der Waals surface area contributed by atoms with E-state index < -0.39 is 20.7 Å². The number of sulfone groups is 1. The molecule has 1 amide bonds. The first-order valence-corrected chi connectivity index (χ1v) is 11.2. The number of rotatable bonds is 5. The lowest BCUT2D eigenvalue weighted by Crippen LogP contribution is -2.30. The monoisotopic (exact) mass is 417 g/mol. The quantitative estimate of drug-likeness (QED) is 0.588. The van der Waals surface area contributed by atoms with Crippen molar-refractivity contribution in [3.05, 3.63) is 57.6 Å². The topological polar surface area (TPSA) is 110 Å². The van der Waals surface area contributed by atoms with Crippen molar-refractivity contribution in [2.75, 3.05) is 29.6 Å². The molecule has 2 aromatic carbocycles. The van der Waals surface area contributed by atoms with Crippen LogP contribution in [0, 0.1) is 17.0 Å². The highest BCUT2D eigenvalue weighted by Gasteiger charge is 2.23. The zero-order chi connectivity index (χ0) is 21.2. The van der Waals surface area contributed by atoms with Gasteiger partial charge in [0.2, 0.25) is 0 Å². The molecule has 2 aromatic rings. The van der Waals surface area contributed by atoms with Crippen molar-refractivity contribution in [1.82, 2.24) is 0 Å². The minimum absolute atomic E-state index is 0.0878. The fraction of sp³-hybridized carbons (Fsp3) is 0.350. The van der Waals surface area contributed by atoms with E-state index in [4.69, 9.17) is 0 Å². The van der Waals surface area contributed by atoms with Crippen molar-refractivity contribution in [2.24, 2.45) is 0 Å². The average Bonchev–Trinajstić information content (AvgIpc) is 2.69. The minimum Gasteiger partial charge on any atom is -0.366 e. The van der Waals surface area contributed by atoms with E-state index in [1.165, 1.54) is 18.2 Å². The van der Waals surface area contributed by atoms with Crippen LogP contribution in [-0.4, -0.2) is 38.6 Å². The molecule has 1 aliphatic heterocycles. The van der Waals surface area contributed by atoms with Gasteiger partial charge in [-0.25, -0.2) is 8.42 Å². The van der Waals surface area contributed by atoms with Gasteiger partial charge >= 0.3 is 0 Å². The van der Waals surface area contributed by atoms with E-state index in [0.29, 0.717) is 16.9 Å². The molecule has 29 heavy (non-hydrogen) atoms. The molecule has 1 N–H and O–H groups in total. The lowest BCUT2D eigenvalue weighted by Gasteiger charge is -2.28. The Morgan fingerprint density at radius 1 is 1.10 bits per heavy atom. The molecule has 154 valence electrons. The molecule has 0 aliphatic carbocycles. The molecule has 9 heteroatoms. The van der Waals surface area contributed by atoms with Crippen LogP contribution >= 0.6 is 0 Å². The Morgan fingerprint density at radius 3 is 2.41 bits per heavy atom. The van der Waals surface area contributed by atoms with Gasteiger partial charge in [-0.15, -0.1) is 0 Å². The van der Waals surface area contributed by atoms with Crippen molar-refractivity contribution in [3.8, 4) is 0 Å². The second-order valence-corrected chi connectivity index (χ2v) is 9.23. The summed E-state index contributed by atoms with van der Waals surface area (Å²) in [4.78, 5) is 25.9. The van der Waals surface area contributed by atoms with E-state index in [2.05, 4.69) is 5.32 Å². The van der Waals surface area contributed by atoms with Crippen molar-refractivity contribution in [1.29, 1.82) is 0 Å². The van der Waals surface area contributed by atoms with Gasteiger partial charge in [0.25, 0.3) is 11.6 Å². The van der Waals surface area contributed by atoms with Crippen molar-refractivity contribution in [3.63, 3.8) is 0 Å². The smallest absolute Gasteiger partial charge is 0.293 e. The first kappa shape index (κ1) is 20.8. The maximum Gasteiger partial charge on any atom is 0.293 e. The summed E-state index contributed by atoms with van der Waals surface area (Å²) >= 11 is 0. The Morgan fingerprint density at radius 2 is 1.79 bits per heavy atom. The number of nitrogens with zero attached hydrogens (tertiary/aromatic N) is 2. The van der Waals surface area contributed by atoms with Crippen LogP contribution < -0.4 is 10.2 Å². The van der Waals surface area contributed by atoms with E-state index in [1.807, 2.05) is 4.90 Å². The molecule has 1 heterocycles. The zero-order valence-electron chi connectivity index (χ0n) is 16.3. The van der Waals surface area contributed by atoms with Gasteiger partial charge in [-0.1, -0.05) is 6.07 Å². The molecule has 1 fully saturated rings. The van der Waals surface area contributed by atoms with Gasteiger partial charge < -0.3 is 10.2 Å². The summed E-state index contributed by atoms with van der Waals surface area (Å²) in [5.74, 6) is -0.535. The number of amides is 1. The van der Waals surface area contributed by atoms with E-state index in [1.54, 1.807) is 25.1 Å². The molecule has 1 saturated heterocycles. The van der Waals surface area contributed by atoms with Crippen LogP contribution in [0.3, 0.4) is 0 Å². The second kappa shape index (κ2) is 8.20. The number of piperidine rings is 1. The Labute approximate surface area is 169 Å². The van der Waals surface area contributed by atoms with Gasteiger partial charge in [-0.3, -0.25) is 14.9 Å². The largest absolute Gasteiger partial charge is 0.366 e. The molecule has 0 radical (unpaired) electrons. The highest BCUT2D eigenvalue weighted by molar-refractivity contribution is 7.90. The van der Waals surface area contributed by atoms with Gasteiger partial charge in [0.15, 0.2) is 9.84 Å². The van der Waals surface area contributed by atoms with Gasteiger partial charge in [-0.05, 0) is 56.0 Å². The third kappa shape index (κ3) is 4.73. The SMILES string of the molecule is Cc1ccc(S(C)(=O)=O)cc1NC(=O)c1ccc(N2CCCCC2)c([N+](=O)[O-])c1. The summed E-state index contributed by atoms with van der Waals surface area (Å²) in [6, 6.07) is 8.90. The van der Waals surface area contributed by atoms with Gasteiger partial charge in [0.05, 0.1) is 9.82 Å². The standard InChI is InChI=1S/C20H23N3O5S/c1-14-6-8-16(29(2,27)28)13-17(14)21-20(24)15-7-9-18(19(12-15)23(25)26)22-10-4-3-5-11-22/h6-9,12-13H,3-5,10-11H2,1-2H3,(H,21,24). The number of hydrogen-bond donors (Lipinski definition) is 1. The number of nitrogens with one attached hydrogen (secondary N) is 1. The number of aryl methyl sites for hydroxylation is 1. The Kier molecular flexibility index (Phi) is 5.88. The number of anilines is 2. The summed E-state index contributed by atoms with van der Waals surface area (Å²) in [6.07, 6.45) is 4.16. The molecule has 0 atom stereocenters. The fourth-order valence-corrected chi connectivity index (χ4v) is 4.02. The molecular weight excluding hydrogens is 394 g/mol. The molecule has 3 rings (SSSR count). The van der Waals surface area contributed by atoms with Gasteiger partial charge in [-0.2, -0.15) is 0 Å². The third-order valence-corrected chi connectivity index (χ3v) is 6.13. The third-order valence-electron chi connectivity index (χ3n) is 5.02. The van der Waals surface area contributed by atoms with Crippen LogP contribution in [0.5, 0.6) is 0 Å². The van der Waals surface area contributed by atoms with E-state index in [0.717, 1.165) is 38.6 Å². The van der Waals surface area contributed by atoms with Crippen LogP contribution in [0.15, 0.2) is 41.3 Å². The Balaban J connectivity index is 1.90. The molecular formula is C20H23N3O5S. The van der Waals surface area contributed by atoms with Crippen molar-refractivity contribution >= 4 is 32.8 Å². The summed E-state index contributed by atoms with van der Waals surface area (Å²) in [5, 5.41) is 14.3. The highest BCUT2D eigenvalue weighted by Crippen LogP contribution is 2.31. The van der Waals surface area contributed by atoms with Crippen LogP contribution in [-0.2, 0) is 9.84 Å². The molecule has 8 nitrogen and oxygen atoms in total. The normalized spacial score (nSPS) is 14.5. The average molecular weight is 417 g/mol. The maximum atomic E-state index is 12.7. The predicted octanol–water partition coefficient (Wildman–Crippen LogP) is 3.55. The summed E-state index contributed by atoms with van der Waals surface area (Å²) in [6.45, 7) is 3.25. The molecule has 0 aromatic heterocycles. The molecule has 0 spiro atoms. The molecule has 0 bridgehead atoms. The lowest BCUT2D eigenvalue weighted by molar-refractivity contribution is -0.384. The Hall–Kier alpha value is -2.94. The Bertz CT molecular complexity index is 1060. The van der Waals surface area contributed by atoms with Crippen molar-refractivity contribution < 1.29 is 18.1 Å². The summed E-state index contributed by atoms with van der Waals surface area (Å²) in [7, 11) is -3.42. The van der Waals surface area contributed by atoms with Crippen LogP contribution in [0.2, 0.25) is 0 Å². The van der Waals surface area contributed by atoms with E-state index in [-0.39, 0.29) is 16.1 Å². The van der Waals surface area contributed by atoms with Crippen LogP contribution in [0.4, 0.5) is 17.1 Å². The second-order valence-electron chi connectivity index (χ2n) is 7.21. The summed E-state index contributed by atoms with van der Waals surface area (Å²) in [5.41, 5.74) is 1.58. The predicted molar refractivity (Wildman–Crippen MR) is 111 cm³/mol. The van der Waals surface area contributed by atoms with E-state index >= 15 is 0 Å². The number of benzene rings is 2. The number of nitro groups is 1. The van der Waals surface area contributed by atoms with Crippen molar-refractivity contribution in [2.45, 2.75) is 31.1 Å². The number of nitro benzene ring substituents is 1. The minimum atomic E-state index is -3.42. The maximum absolute atomic E-state index is 12.7. The molecule has 0 saturated carbocycles. The first-order valence-electron chi connectivity index (χ1n) is 9.32. The summed E-state index contributed by atoms with van der Waals surface area (Å²) < 4.78 is 23.5. The van der Waals surface area contributed by atoms with Gasteiger partial charge in [0.1, 0.15) is 5.69 Å². The molecule has 0 unspecified atom stereocenters.